The molecule has 0 saturated carbocycles. The van der Waals surface area contributed by atoms with Gasteiger partial charge in [-0.15, -0.1) is 0 Å². The number of carbonyl (C=O) groups is 1. The molecule has 3 nitrogen and oxygen atoms in total. The predicted octanol–water partition coefficient (Wildman–Crippen LogP) is 4.97. The van der Waals surface area contributed by atoms with Crippen LogP contribution in [0.1, 0.15) is 21.7 Å². The monoisotopic (exact) mass is 354 g/mol. The van der Waals surface area contributed by atoms with Crippen molar-refractivity contribution in [3.63, 3.8) is 0 Å². The fraction of sp³-hybridized carbons (Fsp3) is 0. The molecule has 0 radical (unpaired) electrons. The SMILES string of the molecule is C=Cc1oc(-c2cc(F)c(Br)cc2F)c(C(=O)O)c1C=C. The molecule has 0 spiro atoms. The first kappa shape index (κ1) is 15.2. The first-order valence-corrected chi connectivity index (χ1v) is 6.49. The lowest BCUT2D eigenvalue weighted by Crippen LogP contribution is -2.00. The van der Waals surface area contributed by atoms with Crippen molar-refractivity contribution in [2.75, 3.05) is 0 Å². The molecule has 108 valence electrons. The third-order valence-corrected chi connectivity index (χ3v) is 3.44. The molecule has 0 aliphatic heterocycles. The second kappa shape index (κ2) is 5.65. The molecule has 0 atom stereocenters. The molecule has 1 aromatic heterocycles. The number of rotatable bonds is 4. The van der Waals surface area contributed by atoms with Crippen molar-refractivity contribution < 1.29 is 23.1 Å². The molecule has 0 amide bonds. The normalized spacial score (nSPS) is 10.4. The lowest BCUT2D eigenvalue weighted by molar-refractivity contribution is 0.0697. The Morgan fingerprint density at radius 3 is 2.43 bits per heavy atom. The maximum atomic E-state index is 14.0. The van der Waals surface area contributed by atoms with Crippen LogP contribution >= 0.6 is 15.9 Å². The first-order valence-electron chi connectivity index (χ1n) is 5.70. The minimum atomic E-state index is -1.33. The summed E-state index contributed by atoms with van der Waals surface area (Å²) in [5.74, 6) is -3.04. The summed E-state index contributed by atoms with van der Waals surface area (Å²) in [5.41, 5.74) is -0.417. The van der Waals surface area contributed by atoms with Crippen LogP contribution in [0.25, 0.3) is 23.5 Å². The zero-order valence-electron chi connectivity index (χ0n) is 10.6. The van der Waals surface area contributed by atoms with Crippen LogP contribution in [0.2, 0.25) is 0 Å². The summed E-state index contributed by atoms with van der Waals surface area (Å²) < 4.78 is 32.9. The second-order valence-corrected chi connectivity index (χ2v) is 4.90. The zero-order valence-corrected chi connectivity index (χ0v) is 12.2. The zero-order chi connectivity index (χ0) is 15.7. The lowest BCUT2D eigenvalue weighted by atomic mass is 10.0. The number of aromatic carboxylic acids is 1. The van der Waals surface area contributed by atoms with Crippen molar-refractivity contribution in [3.8, 4) is 11.3 Å². The van der Waals surface area contributed by atoms with Crippen molar-refractivity contribution in [3.05, 3.63) is 58.3 Å². The maximum absolute atomic E-state index is 14.0. The van der Waals surface area contributed by atoms with Gasteiger partial charge < -0.3 is 9.52 Å². The lowest BCUT2D eigenvalue weighted by Gasteiger charge is -2.03. The molecule has 0 bridgehead atoms. The van der Waals surface area contributed by atoms with E-state index in [1.54, 1.807) is 0 Å². The van der Waals surface area contributed by atoms with E-state index in [0.717, 1.165) is 12.1 Å². The van der Waals surface area contributed by atoms with Gasteiger partial charge >= 0.3 is 5.97 Å². The van der Waals surface area contributed by atoms with Crippen LogP contribution in [0.15, 0.2) is 34.2 Å². The van der Waals surface area contributed by atoms with E-state index in [1.165, 1.54) is 12.2 Å². The molecule has 6 heteroatoms. The summed E-state index contributed by atoms with van der Waals surface area (Å²) >= 11 is 2.85. The molecule has 0 saturated heterocycles. The quantitative estimate of drug-likeness (QED) is 0.788. The smallest absolute Gasteiger partial charge is 0.340 e. The number of carboxylic acids is 1. The molecular formula is C15H9BrF2O3. The van der Waals surface area contributed by atoms with E-state index >= 15 is 0 Å². The average Bonchev–Trinajstić information content (AvgIpc) is 2.81. The van der Waals surface area contributed by atoms with Crippen molar-refractivity contribution in [1.82, 2.24) is 0 Å². The molecule has 0 fully saturated rings. The van der Waals surface area contributed by atoms with Crippen LogP contribution in [0.4, 0.5) is 8.78 Å². The van der Waals surface area contributed by atoms with Crippen molar-refractivity contribution in [1.29, 1.82) is 0 Å². The Morgan fingerprint density at radius 1 is 1.24 bits per heavy atom. The van der Waals surface area contributed by atoms with Crippen molar-refractivity contribution in [2.24, 2.45) is 0 Å². The van der Waals surface area contributed by atoms with Gasteiger partial charge in [0.05, 0.1) is 10.0 Å². The molecule has 1 heterocycles. The van der Waals surface area contributed by atoms with E-state index in [1.807, 2.05) is 0 Å². The number of hydrogen-bond donors (Lipinski definition) is 1. The number of furan rings is 1. The first-order chi connectivity index (χ1) is 9.90. The van der Waals surface area contributed by atoms with Crippen molar-refractivity contribution >= 4 is 34.1 Å². The van der Waals surface area contributed by atoms with Gasteiger partial charge in [0.25, 0.3) is 0 Å². The Bertz CT molecular complexity index is 763. The molecule has 21 heavy (non-hydrogen) atoms. The Labute approximate surface area is 127 Å². The molecule has 0 aliphatic rings. The van der Waals surface area contributed by atoms with E-state index in [2.05, 4.69) is 29.1 Å². The Morgan fingerprint density at radius 2 is 1.90 bits per heavy atom. The predicted molar refractivity (Wildman–Crippen MR) is 78.9 cm³/mol. The van der Waals surface area contributed by atoms with Gasteiger partial charge in [-0.05, 0) is 34.1 Å². The third-order valence-electron chi connectivity index (χ3n) is 2.83. The molecule has 2 rings (SSSR count). The van der Waals surface area contributed by atoms with Crippen LogP contribution in [-0.4, -0.2) is 11.1 Å². The maximum Gasteiger partial charge on any atom is 0.340 e. The molecule has 0 unspecified atom stereocenters. The number of benzene rings is 1. The van der Waals surface area contributed by atoms with Gasteiger partial charge in [0, 0.05) is 5.56 Å². The fourth-order valence-electron chi connectivity index (χ4n) is 1.91. The van der Waals surface area contributed by atoms with Gasteiger partial charge in [0.1, 0.15) is 23.0 Å². The summed E-state index contributed by atoms with van der Waals surface area (Å²) in [4.78, 5) is 11.4. The van der Waals surface area contributed by atoms with Gasteiger partial charge in [-0.2, -0.15) is 0 Å². The van der Waals surface area contributed by atoms with Crippen LogP contribution in [0.5, 0.6) is 0 Å². The number of halogens is 3. The highest BCUT2D eigenvalue weighted by Gasteiger charge is 2.26. The van der Waals surface area contributed by atoms with E-state index in [0.29, 0.717) is 0 Å². The third kappa shape index (κ3) is 2.54. The van der Waals surface area contributed by atoms with E-state index in [4.69, 9.17) is 4.42 Å². The van der Waals surface area contributed by atoms with Crippen LogP contribution in [0.3, 0.4) is 0 Å². The fourth-order valence-corrected chi connectivity index (χ4v) is 2.23. The van der Waals surface area contributed by atoms with Crippen molar-refractivity contribution in [2.45, 2.75) is 0 Å². The highest BCUT2D eigenvalue weighted by molar-refractivity contribution is 9.10. The Kier molecular flexibility index (Phi) is 4.09. The van der Waals surface area contributed by atoms with Gasteiger partial charge in [0.2, 0.25) is 0 Å². The number of hydrogen-bond acceptors (Lipinski definition) is 2. The minimum Gasteiger partial charge on any atom is -0.478 e. The largest absolute Gasteiger partial charge is 0.478 e. The van der Waals surface area contributed by atoms with Gasteiger partial charge in [-0.3, -0.25) is 0 Å². The summed E-state index contributed by atoms with van der Waals surface area (Å²) in [7, 11) is 0. The van der Waals surface area contributed by atoms with Crippen LogP contribution < -0.4 is 0 Å². The standard InChI is InChI=1S/C15H9BrF2O3/c1-3-7-12(4-2)21-14(13(7)15(19)20)8-5-11(18)9(16)6-10(8)17/h3-6H,1-2H2,(H,19,20). The minimum absolute atomic E-state index is 0.0694. The Balaban J connectivity index is 2.84. The van der Waals surface area contributed by atoms with Gasteiger partial charge in [-0.25, -0.2) is 13.6 Å². The van der Waals surface area contributed by atoms with Crippen LogP contribution in [-0.2, 0) is 0 Å². The summed E-state index contributed by atoms with van der Waals surface area (Å²) in [6, 6.07) is 1.77. The summed E-state index contributed by atoms with van der Waals surface area (Å²) in [6.45, 7) is 6.99. The van der Waals surface area contributed by atoms with E-state index in [-0.39, 0.29) is 32.7 Å². The van der Waals surface area contributed by atoms with Crippen LogP contribution in [0, 0.1) is 11.6 Å². The summed E-state index contributed by atoms with van der Waals surface area (Å²) in [5, 5.41) is 9.30. The summed E-state index contributed by atoms with van der Waals surface area (Å²) in [6.07, 6.45) is 2.54. The number of carboxylic acid groups (broad SMARTS) is 1. The van der Waals surface area contributed by atoms with Gasteiger partial charge in [0.15, 0.2) is 5.76 Å². The molecule has 0 aliphatic carbocycles. The van der Waals surface area contributed by atoms with E-state index < -0.39 is 17.6 Å². The average molecular weight is 355 g/mol. The molecule has 1 N–H and O–H groups in total. The molecule has 2 aromatic rings. The highest BCUT2D eigenvalue weighted by Crippen LogP contribution is 2.36. The second-order valence-electron chi connectivity index (χ2n) is 4.04. The topological polar surface area (TPSA) is 50.4 Å². The van der Waals surface area contributed by atoms with E-state index in [9.17, 15) is 18.7 Å². The highest BCUT2D eigenvalue weighted by atomic mass is 79.9. The molecule has 1 aromatic carbocycles. The van der Waals surface area contributed by atoms with Gasteiger partial charge in [-0.1, -0.05) is 19.2 Å². The molecular weight excluding hydrogens is 346 g/mol. The Hall–Kier alpha value is -2.21.